The summed E-state index contributed by atoms with van der Waals surface area (Å²) >= 11 is 1.12. The zero-order valence-corrected chi connectivity index (χ0v) is 18.6. The van der Waals surface area contributed by atoms with Gasteiger partial charge >= 0.3 is 5.97 Å². The van der Waals surface area contributed by atoms with Crippen molar-refractivity contribution in [3.8, 4) is 0 Å². The molecule has 1 saturated heterocycles. The number of rotatable bonds is 8. The van der Waals surface area contributed by atoms with Gasteiger partial charge in [-0.15, -0.1) is 11.8 Å². The number of carbonyl (C=O) groups is 2. The van der Waals surface area contributed by atoms with Crippen LogP contribution in [0, 0.1) is 10.1 Å². The highest BCUT2D eigenvalue weighted by Gasteiger charge is 2.29. The minimum absolute atomic E-state index is 0.0542. The fraction of sp³-hybridized carbons (Fsp3) is 0.556. The van der Waals surface area contributed by atoms with Gasteiger partial charge in [0.25, 0.3) is 11.6 Å². The molecule has 1 aliphatic heterocycles. The maximum absolute atomic E-state index is 12.4. The van der Waals surface area contributed by atoms with Crippen molar-refractivity contribution < 1.29 is 27.7 Å². The number of nitro groups is 1. The van der Waals surface area contributed by atoms with E-state index in [0.717, 1.165) is 37.1 Å². The Bertz CT molecular complexity index is 910. The monoisotopic (exact) mass is 459 g/mol. The maximum atomic E-state index is 12.4. The van der Waals surface area contributed by atoms with Gasteiger partial charge < -0.3 is 9.64 Å². The van der Waals surface area contributed by atoms with Crippen molar-refractivity contribution in [3.05, 3.63) is 28.3 Å². The highest BCUT2D eigenvalue weighted by Crippen LogP contribution is 2.29. The lowest BCUT2D eigenvalue weighted by Crippen LogP contribution is -2.49. The lowest BCUT2D eigenvalue weighted by molar-refractivity contribution is -0.388. The van der Waals surface area contributed by atoms with E-state index in [0.29, 0.717) is 4.90 Å². The number of ether oxygens (including phenoxy) is 1. The molecule has 1 aromatic carbocycles. The molecular weight excluding hydrogens is 434 g/mol. The quantitative estimate of drug-likeness (QED) is 0.270. The van der Waals surface area contributed by atoms with E-state index in [9.17, 15) is 28.1 Å². The third-order valence-corrected chi connectivity index (χ3v) is 7.09. The molecule has 0 radical (unpaired) electrons. The van der Waals surface area contributed by atoms with Gasteiger partial charge in [-0.2, -0.15) is 4.72 Å². The zero-order chi connectivity index (χ0) is 22.5. The Morgan fingerprint density at radius 3 is 2.50 bits per heavy atom. The fourth-order valence-electron chi connectivity index (χ4n) is 3.40. The number of amides is 1. The Hall–Kier alpha value is -2.18. The van der Waals surface area contributed by atoms with E-state index >= 15 is 0 Å². The first-order valence-electron chi connectivity index (χ1n) is 9.35. The van der Waals surface area contributed by atoms with E-state index < -0.39 is 34.1 Å². The molecular formula is C18H25N3O7S2. The smallest absolute Gasteiger partial charge is 0.321 e. The van der Waals surface area contributed by atoms with Gasteiger partial charge in [0.2, 0.25) is 10.0 Å². The molecule has 0 saturated carbocycles. The Morgan fingerprint density at radius 2 is 1.93 bits per heavy atom. The van der Waals surface area contributed by atoms with Crippen LogP contribution in [0.25, 0.3) is 0 Å². The summed E-state index contributed by atoms with van der Waals surface area (Å²) in [6, 6.07) is 3.59. The van der Waals surface area contributed by atoms with E-state index in [1.54, 1.807) is 11.2 Å². The van der Waals surface area contributed by atoms with Crippen LogP contribution in [0.1, 0.15) is 33.1 Å². The highest BCUT2D eigenvalue weighted by molar-refractivity contribution is 7.98. The number of nitro benzene ring substituents is 1. The number of hydrogen-bond acceptors (Lipinski definition) is 8. The zero-order valence-electron chi connectivity index (χ0n) is 17.0. The standard InChI is InChI=1S/C18H25N3O7S2/c1-12-5-4-6-13(2)20(12)17(22)11-28-18(23)10-19-30(26,27)14-7-8-16(29-3)15(9-14)21(24)25/h7-9,12-13,19H,4-6,10-11H2,1-3H3. The van der Waals surface area contributed by atoms with Gasteiger partial charge in [-0.3, -0.25) is 19.7 Å². The van der Waals surface area contributed by atoms with Crippen molar-refractivity contribution >= 4 is 39.3 Å². The molecule has 2 rings (SSSR count). The summed E-state index contributed by atoms with van der Waals surface area (Å²) in [5.41, 5.74) is -0.344. The Morgan fingerprint density at radius 1 is 1.30 bits per heavy atom. The van der Waals surface area contributed by atoms with Crippen LogP contribution in [-0.2, 0) is 24.3 Å². The molecule has 1 aromatic rings. The Balaban J connectivity index is 1.94. The molecule has 166 valence electrons. The van der Waals surface area contributed by atoms with E-state index in [2.05, 4.69) is 0 Å². The second-order valence-corrected chi connectivity index (χ2v) is 9.62. The average molecular weight is 460 g/mol. The number of sulfonamides is 1. The van der Waals surface area contributed by atoms with Crippen LogP contribution in [-0.4, -0.2) is 61.6 Å². The molecule has 1 amide bonds. The maximum Gasteiger partial charge on any atom is 0.321 e. The third kappa shape index (κ3) is 5.92. The largest absolute Gasteiger partial charge is 0.455 e. The summed E-state index contributed by atoms with van der Waals surface area (Å²) in [4.78, 5) is 36.4. The molecule has 12 heteroatoms. The summed E-state index contributed by atoms with van der Waals surface area (Å²) in [5.74, 6) is -1.24. The van der Waals surface area contributed by atoms with Crippen LogP contribution in [0.3, 0.4) is 0 Å². The van der Waals surface area contributed by atoms with Gasteiger partial charge in [0, 0.05) is 18.2 Å². The van der Waals surface area contributed by atoms with Crippen molar-refractivity contribution in [2.45, 2.75) is 55.0 Å². The first-order chi connectivity index (χ1) is 14.1. The number of thioether (sulfide) groups is 1. The molecule has 30 heavy (non-hydrogen) atoms. The lowest BCUT2D eigenvalue weighted by Gasteiger charge is -2.38. The molecule has 1 aliphatic rings. The Kier molecular flexibility index (Phi) is 8.21. The summed E-state index contributed by atoms with van der Waals surface area (Å²) < 4.78 is 31.7. The number of piperidine rings is 1. The molecule has 0 aliphatic carbocycles. The minimum Gasteiger partial charge on any atom is -0.455 e. The SMILES string of the molecule is CSc1ccc(S(=O)(=O)NCC(=O)OCC(=O)N2C(C)CCCC2C)cc1[N+](=O)[O-]. The summed E-state index contributed by atoms with van der Waals surface area (Å²) in [7, 11) is -4.17. The van der Waals surface area contributed by atoms with Crippen molar-refractivity contribution in [1.82, 2.24) is 9.62 Å². The lowest BCUT2D eigenvalue weighted by atomic mass is 9.97. The molecule has 1 heterocycles. The molecule has 1 fully saturated rings. The summed E-state index contributed by atoms with van der Waals surface area (Å²) in [5, 5.41) is 11.1. The van der Waals surface area contributed by atoms with Crippen LogP contribution < -0.4 is 4.72 Å². The summed E-state index contributed by atoms with van der Waals surface area (Å²) in [6.45, 7) is 2.71. The van der Waals surface area contributed by atoms with E-state index in [4.69, 9.17) is 4.74 Å². The molecule has 2 atom stereocenters. The van der Waals surface area contributed by atoms with Gasteiger partial charge in [0.15, 0.2) is 6.61 Å². The van der Waals surface area contributed by atoms with Gasteiger partial charge in [-0.05, 0) is 51.5 Å². The minimum atomic E-state index is -4.17. The molecule has 0 aromatic heterocycles. The number of hydrogen-bond donors (Lipinski definition) is 1. The number of benzene rings is 1. The number of nitrogens with one attached hydrogen (secondary N) is 1. The number of carbonyl (C=O) groups excluding carboxylic acids is 2. The number of likely N-dealkylation sites (tertiary alicyclic amines) is 1. The van der Waals surface area contributed by atoms with Gasteiger partial charge in [0.1, 0.15) is 6.54 Å². The Labute approximate surface area is 179 Å². The van der Waals surface area contributed by atoms with Crippen LogP contribution in [0.15, 0.2) is 28.0 Å². The predicted molar refractivity (Wildman–Crippen MR) is 111 cm³/mol. The fourth-order valence-corrected chi connectivity index (χ4v) is 4.93. The van der Waals surface area contributed by atoms with Crippen LogP contribution in [0.4, 0.5) is 5.69 Å². The molecule has 0 bridgehead atoms. The normalized spacial score (nSPS) is 19.4. The molecule has 1 N–H and O–H groups in total. The van der Waals surface area contributed by atoms with Gasteiger partial charge in [-0.1, -0.05) is 0 Å². The van der Waals surface area contributed by atoms with Crippen molar-refractivity contribution in [3.63, 3.8) is 0 Å². The van der Waals surface area contributed by atoms with E-state index in [1.807, 2.05) is 18.6 Å². The van der Waals surface area contributed by atoms with Crippen LogP contribution >= 0.6 is 11.8 Å². The topological polar surface area (TPSA) is 136 Å². The second-order valence-electron chi connectivity index (χ2n) is 7.01. The first-order valence-corrected chi connectivity index (χ1v) is 12.1. The number of esters is 1. The summed E-state index contributed by atoms with van der Waals surface area (Å²) in [6.07, 6.45) is 4.43. The first kappa shape index (κ1) is 24.1. The van der Waals surface area contributed by atoms with E-state index in [1.165, 1.54) is 12.1 Å². The molecule has 10 nitrogen and oxygen atoms in total. The highest BCUT2D eigenvalue weighted by atomic mass is 32.2. The van der Waals surface area contributed by atoms with Crippen molar-refractivity contribution in [2.75, 3.05) is 19.4 Å². The van der Waals surface area contributed by atoms with Gasteiger partial charge in [0.05, 0.1) is 14.7 Å². The predicted octanol–water partition coefficient (Wildman–Crippen LogP) is 1.93. The van der Waals surface area contributed by atoms with Crippen molar-refractivity contribution in [2.24, 2.45) is 0 Å². The van der Waals surface area contributed by atoms with Gasteiger partial charge in [-0.25, -0.2) is 8.42 Å². The average Bonchev–Trinajstić information content (AvgIpc) is 2.70. The van der Waals surface area contributed by atoms with Crippen LogP contribution in [0.2, 0.25) is 0 Å². The molecule has 0 spiro atoms. The van der Waals surface area contributed by atoms with E-state index in [-0.39, 0.29) is 28.6 Å². The van der Waals surface area contributed by atoms with Crippen LogP contribution in [0.5, 0.6) is 0 Å². The second kappa shape index (κ2) is 10.2. The number of nitrogens with zero attached hydrogens (tertiary/aromatic N) is 2. The van der Waals surface area contributed by atoms with Crippen molar-refractivity contribution in [1.29, 1.82) is 0 Å². The molecule has 2 unspecified atom stereocenters. The third-order valence-electron chi connectivity index (χ3n) is 4.90.